The average molecular weight is 879 g/mol. The van der Waals surface area contributed by atoms with Gasteiger partial charge in [0, 0.05) is 25.9 Å². The third-order valence-electron chi connectivity index (χ3n) is 10.2. The van der Waals surface area contributed by atoms with Crippen LogP contribution >= 0.6 is 0 Å². The lowest BCUT2D eigenvalue weighted by Gasteiger charge is -2.14. The second-order valence-electron chi connectivity index (χ2n) is 15.7. The van der Waals surface area contributed by atoms with E-state index in [4.69, 9.17) is 28.8 Å². The number of hydrogen-bond donors (Lipinski definition) is 5. The van der Waals surface area contributed by atoms with Crippen LogP contribution in [0.2, 0.25) is 0 Å². The van der Waals surface area contributed by atoms with E-state index in [0.717, 1.165) is 51.0 Å². The molecule has 0 aliphatic rings. The lowest BCUT2D eigenvalue weighted by atomic mass is 10.0. The molecule has 1 aromatic rings. The number of nitrogens with one attached hydrogen (secondary N) is 3. The molecule has 1 radical (unpaired) electrons. The van der Waals surface area contributed by atoms with Gasteiger partial charge in [-0.3, -0.25) is 14.4 Å². The van der Waals surface area contributed by atoms with Gasteiger partial charge in [-0.05, 0) is 56.9 Å². The number of benzene rings is 1. The lowest BCUT2D eigenvalue weighted by Crippen LogP contribution is -2.41. The van der Waals surface area contributed by atoms with Crippen molar-refractivity contribution < 1.29 is 57.9 Å². The van der Waals surface area contributed by atoms with Gasteiger partial charge in [0.1, 0.15) is 18.4 Å². The fourth-order valence-electron chi connectivity index (χ4n) is 6.49. The summed E-state index contributed by atoms with van der Waals surface area (Å²) in [6, 6.07) is 5.13. The summed E-state index contributed by atoms with van der Waals surface area (Å²) in [5.74, 6) is -2.50. The van der Waals surface area contributed by atoms with E-state index >= 15 is 0 Å². The van der Waals surface area contributed by atoms with E-state index in [0.29, 0.717) is 45.1 Å². The molecule has 0 aliphatic heterocycles. The van der Waals surface area contributed by atoms with E-state index < -0.39 is 18.0 Å². The highest BCUT2D eigenvalue weighted by Gasteiger charge is 2.21. The Morgan fingerprint density at radius 1 is 0.548 bits per heavy atom. The Hall–Kier alpha value is -3.79. The van der Waals surface area contributed by atoms with Gasteiger partial charge in [0.25, 0.3) is 0 Å². The zero-order valence-electron chi connectivity index (χ0n) is 38.0. The number of carbonyl (C=O) groups is 5. The Balaban J connectivity index is 1.90. The molecule has 15 nitrogen and oxygen atoms in total. The normalized spacial score (nSPS) is 11.7. The maximum absolute atomic E-state index is 12.3. The molecular weight excluding hydrogens is 799 g/mol. The molecule has 0 unspecified atom stereocenters. The summed E-state index contributed by atoms with van der Waals surface area (Å²) >= 11 is 0. The van der Waals surface area contributed by atoms with Gasteiger partial charge in [-0.1, -0.05) is 110 Å². The third kappa shape index (κ3) is 34.8. The number of aromatic carboxylic acids is 1. The van der Waals surface area contributed by atoms with Crippen LogP contribution < -0.4 is 20.7 Å². The number of amides is 3. The fraction of sp³-hybridized carbons (Fsp3) is 0.745. The average Bonchev–Trinajstić information content (AvgIpc) is 3.25. The molecule has 355 valence electrons. The first-order valence-corrected chi connectivity index (χ1v) is 23.3. The molecule has 0 aromatic heterocycles. The minimum atomic E-state index is -1.19. The first-order valence-electron chi connectivity index (χ1n) is 23.3. The van der Waals surface area contributed by atoms with E-state index in [1.807, 2.05) is 6.92 Å². The van der Waals surface area contributed by atoms with E-state index in [2.05, 4.69) is 22.9 Å². The van der Waals surface area contributed by atoms with Crippen LogP contribution in [-0.2, 0) is 38.1 Å². The molecule has 1 rings (SSSR count). The van der Waals surface area contributed by atoms with Gasteiger partial charge in [0.2, 0.25) is 17.7 Å². The van der Waals surface area contributed by atoms with E-state index in [1.54, 1.807) is 12.1 Å². The zero-order valence-corrected chi connectivity index (χ0v) is 38.0. The van der Waals surface area contributed by atoms with Crippen molar-refractivity contribution in [3.05, 3.63) is 35.9 Å². The van der Waals surface area contributed by atoms with Gasteiger partial charge < -0.3 is 49.8 Å². The summed E-state index contributed by atoms with van der Waals surface area (Å²) in [5, 5.41) is 26.4. The monoisotopic (exact) mass is 879 g/mol. The van der Waals surface area contributed by atoms with Gasteiger partial charge in [0.05, 0.1) is 57.9 Å². The highest BCUT2D eigenvalue weighted by atomic mass is 16.5. The number of hydrogen-bond acceptors (Lipinski definition) is 10. The van der Waals surface area contributed by atoms with Crippen molar-refractivity contribution >= 4 is 29.7 Å². The summed E-state index contributed by atoms with van der Waals surface area (Å²) < 4.78 is 27.7. The van der Waals surface area contributed by atoms with Crippen molar-refractivity contribution in [1.29, 1.82) is 0 Å². The highest BCUT2D eigenvalue weighted by Crippen LogP contribution is 2.17. The molecule has 0 spiro atoms. The SMILES string of the molecule is CCCCCCCCCCCCCC[C](C)OCCOCCNC(=O)COCCOCCNC(=O)CC[C@H](NC(=O)CCCCCCCCOc1ccc(C(=O)O)cc1)C(=O)O. The molecule has 0 fully saturated rings. The first-order chi connectivity index (χ1) is 30.1. The molecule has 3 amide bonds. The van der Waals surface area contributed by atoms with Crippen LogP contribution in [0.3, 0.4) is 0 Å². The molecule has 5 N–H and O–H groups in total. The van der Waals surface area contributed by atoms with Gasteiger partial charge in [-0.15, -0.1) is 0 Å². The summed E-state index contributed by atoms with van der Waals surface area (Å²) in [6.45, 7) is 7.31. The van der Waals surface area contributed by atoms with Gasteiger partial charge in [0.15, 0.2) is 0 Å². The molecule has 0 saturated carbocycles. The molecule has 15 heteroatoms. The maximum atomic E-state index is 12.3. The lowest BCUT2D eigenvalue weighted by molar-refractivity contribution is -0.142. The second-order valence-corrected chi connectivity index (χ2v) is 15.7. The molecule has 1 aromatic carbocycles. The van der Waals surface area contributed by atoms with Crippen LogP contribution in [-0.4, -0.2) is 112 Å². The summed E-state index contributed by atoms with van der Waals surface area (Å²) in [4.78, 5) is 59.1. The van der Waals surface area contributed by atoms with Crippen molar-refractivity contribution in [3.63, 3.8) is 0 Å². The molecule has 0 heterocycles. The molecule has 1 atom stereocenters. The summed E-state index contributed by atoms with van der Waals surface area (Å²) in [6.07, 6.45) is 23.3. The van der Waals surface area contributed by atoms with Gasteiger partial charge in [-0.25, -0.2) is 9.59 Å². The number of aliphatic carboxylic acids is 1. The fourth-order valence-corrected chi connectivity index (χ4v) is 6.49. The Bertz CT molecular complexity index is 1300. The van der Waals surface area contributed by atoms with Crippen molar-refractivity contribution in [3.8, 4) is 5.75 Å². The minimum absolute atomic E-state index is 0.0337. The van der Waals surface area contributed by atoms with Crippen molar-refractivity contribution in [1.82, 2.24) is 16.0 Å². The van der Waals surface area contributed by atoms with Crippen LogP contribution in [0.1, 0.15) is 165 Å². The van der Waals surface area contributed by atoms with E-state index in [-0.39, 0.29) is 75.5 Å². The molecular formula is C47H80N3O12. The Kier molecular flexibility index (Phi) is 36.3. The molecule has 0 saturated heterocycles. The van der Waals surface area contributed by atoms with Crippen LogP contribution in [0.15, 0.2) is 24.3 Å². The predicted molar refractivity (Wildman–Crippen MR) is 239 cm³/mol. The van der Waals surface area contributed by atoms with E-state index in [9.17, 15) is 29.1 Å². The first kappa shape index (κ1) is 56.2. The quantitative estimate of drug-likeness (QED) is 0.0398. The van der Waals surface area contributed by atoms with Gasteiger partial charge >= 0.3 is 11.9 Å². The largest absolute Gasteiger partial charge is 0.494 e. The predicted octanol–water partition coefficient (Wildman–Crippen LogP) is 7.79. The highest BCUT2D eigenvalue weighted by molar-refractivity contribution is 5.87. The Morgan fingerprint density at radius 3 is 1.65 bits per heavy atom. The molecule has 0 bridgehead atoms. The number of carbonyl (C=O) groups excluding carboxylic acids is 3. The standard InChI is InChI=1S/C47H80N3O12/c1-3-4-5-6-7-8-9-10-11-12-15-18-21-39(2)61-37-36-59-33-30-49-45(53)38-60-35-34-58-32-29-48-43(51)28-27-42(47(56)57)50-44(52)22-19-16-13-14-17-20-31-62-41-25-23-40(24-26-41)46(54)55/h23-26,42H,3-22,27-38H2,1-2H3,(H,48,51)(H,49,53)(H,50,52)(H,54,55)(H,56,57)/t42-/m0/s1. The minimum Gasteiger partial charge on any atom is -0.494 e. The third-order valence-corrected chi connectivity index (χ3v) is 10.2. The van der Waals surface area contributed by atoms with Gasteiger partial charge in [-0.2, -0.15) is 0 Å². The number of ether oxygens (including phenoxy) is 5. The second kappa shape index (κ2) is 40.0. The van der Waals surface area contributed by atoms with Crippen LogP contribution in [0, 0.1) is 6.10 Å². The van der Waals surface area contributed by atoms with Crippen molar-refractivity contribution in [2.75, 3.05) is 65.9 Å². The Labute approximate surface area is 371 Å². The number of unbranched alkanes of at least 4 members (excludes halogenated alkanes) is 16. The number of carboxylic acid groups (broad SMARTS) is 2. The smallest absolute Gasteiger partial charge is 0.335 e. The summed E-state index contributed by atoms with van der Waals surface area (Å²) in [5.41, 5.74) is 0.212. The topological polar surface area (TPSA) is 208 Å². The molecule has 62 heavy (non-hydrogen) atoms. The van der Waals surface area contributed by atoms with E-state index in [1.165, 1.54) is 82.8 Å². The number of carboxylic acids is 2. The summed E-state index contributed by atoms with van der Waals surface area (Å²) in [7, 11) is 0. The Morgan fingerprint density at radius 2 is 1.06 bits per heavy atom. The van der Waals surface area contributed by atoms with Crippen LogP contribution in [0.25, 0.3) is 0 Å². The number of rotatable bonds is 44. The van der Waals surface area contributed by atoms with Crippen LogP contribution in [0.5, 0.6) is 5.75 Å². The molecule has 0 aliphatic carbocycles. The van der Waals surface area contributed by atoms with Crippen molar-refractivity contribution in [2.24, 2.45) is 0 Å². The van der Waals surface area contributed by atoms with Crippen LogP contribution in [0.4, 0.5) is 0 Å². The maximum Gasteiger partial charge on any atom is 0.335 e. The zero-order chi connectivity index (χ0) is 45.3. The van der Waals surface area contributed by atoms with Crippen molar-refractivity contribution in [2.45, 2.75) is 161 Å².